The molecule has 2 bridgehead atoms. The van der Waals surface area contributed by atoms with Gasteiger partial charge in [-0.25, -0.2) is 0 Å². The molecule has 6 rings (SSSR count). The number of hydrogen-bond acceptors (Lipinski definition) is 0. The minimum Gasteiger partial charge on any atom is -0.0622 e. The SMILES string of the molecule is C1=C[C@@H]2C[C@H]1[CH-][C@@H]2c1ccccc1.[Pd+][I].c1ccc(P(c2ccccc2)c2ccccc2)cc1. The van der Waals surface area contributed by atoms with Crippen molar-refractivity contribution in [2.75, 3.05) is 0 Å². The molecule has 1 fully saturated rings. The first-order valence-corrected chi connectivity index (χ1v) is 17.5. The van der Waals surface area contributed by atoms with E-state index < -0.39 is 7.92 Å². The van der Waals surface area contributed by atoms with E-state index in [-0.39, 0.29) is 0 Å². The van der Waals surface area contributed by atoms with Crippen LogP contribution in [-0.2, 0) is 15.6 Å². The summed E-state index contributed by atoms with van der Waals surface area (Å²) in [7, 11) is -0.446. The van der Waals surface area contributed by atoms with E-state index in [9.17, 15) is 0 Å². The summed E-state index contributed by atoms with van der Waals surface area (Å²) in [6.07, 6.45) is 8.59. The number of benzene rings is 4. The molecule has 0 heterocycles. The minimum absolute atomic E-state index is 0.446. The van der Waals surface area contributed by atoms with Gasteiger partial charge in [0, 0.05) is 0 Å². The topological polar surface area (TPSA) is 0 Å². The molecule has 4 aromatic rings. The van der Waals surface area contributed by atoms with Gasteiger partial charge in [-0.15, -0.1) is 17.9 Å². The van der Waals surface area contributed by atoms with Crippen molar-refractivity contribution in [2.24, 2.45) is 11.8 Å². The van der Waals surface area contributed by atoms with Crippen molar-refractivity contribution in [3.8, 4) is 0 Å². The standard InChI is InChI=1S/C18H15P.C13H13.HI.Pd/c1-4-10-16(11-5-1)19(17-12-6-2-7-13-17)18-14-8-3-9-15-18;1-2-4-11(5-3-1)13-9-10-6-7-12(13)8-10;;/h1-15H;1-7,9-10,12-13H,8H2;1H;/q;-1;;+2/p-1/t;10-,12+,13+;;/m.0../s1. The molecule has 3 atom stereocenters. The van der Waals surface area contributed by atoms with Crippen LogP contribution in [0.1, 0.15) is 17.9 Å². The van der Waals surface area contributed by atoms with Crippen LogP contribution in [0.3, 0.4) is 0 Å². The molecule has 174 valence electrons. The molecule has 0 unspecified atom stereocenters. The number of fused-ring (bicyclic) bond motifs is 2. The maximum Gasteiger partial charge on any atom is -0.0134 e. The molecule has 0 spiro atoms. The van der Waals surface area contributed by atoms with Crippen molar-refractivity contribution in [3.63, 3.8) is 0 Å². The Morgan fingerprint density at radius 3 is 1.35 bits per heavy atom. The summed E-state index contributed by atoms with van der Waals surface area (Å²) in [5, 5.41) is 4.19. The molecule has 0 saturated heterocycles. The Hall–Kier alpha value is -1.56. The van der Waals surface area contributed by atoms with Crippen LogP contribution in [-0.4, -0.2) is 0 Å². The van der Waals surface area contributed by atoms with E-state index >= 15 is 0 Å². The van der Waals surface area contributed by atoms with Gasteiger partial charge in [0.15, 0.2) is 0 Å². The van der Waals surface area contributed by atoms with Crippen LogP contribution in [0.25, 0.3) is 0 Å². The van der Waals surface area contributed by atoms with Gasteiger partial charge in [-0.2, -0.15) is 0 Å². The summed E-state index contributed by atoms with van der Waals surface area (Å²) in [6.45, 7) is 0. The van der Waals surface area contributed by atoms with Crippen molar-refractivity contribution < 1.29 is 15.6 Å². The molecule has 1 saturated carbocycles. The number of allylic oxidation sites excluding steroid dienone is 2. The zero-order valence-electron chi connectivity index (χ0n) is 18.9. The first kappa shape index (κ1) is 25.5. The molecule has 34 heavy (non-hydrogen) atoms. The molecule has 4 aromatic carbocycles. The average Bonchev–Trinajstić information content (AvgIpc) is 3.57. The number of halogens is 1. The molecule has 3 heteroatoms. The monoisotopic (exact) mass is 664 g/mol. The number of hydrogen-bond donors (Lipinski definition) is 0. The second-order valence-electron chi connectivity index (χ2n) is 8.42. The molecule has 0 aliphatic heterocycles. The largest absolute Gasteiger partial charge is 0.0622 e. The van der Waals surface area contributed by atoms with Crippen LogP contribution < -0.4 is 15.9 Å². The summed E-state index contributed by atoms with van der Waals surface area (Å²) in [6, 6.07) is 43.2. The maximum atomic E-state index is 2.72. The van der Waals surface area contributed by atoms with Gasteiger partial charge >= 0.3 is 35.1 Å². The third-order valence-corrected chi connectivity index (χ3v) is 8.74. The van der Waals surface area contributed by atoms with Crippen LogP contribution in [0.5, 0.6) is 0 Å². The fraction of sp³-hybridized carbons (Fsp3) is 0.129. The summed E-state index contributed by atoms with van der Waals surface area (Å²) >= 11 is 4.72. The van der Waals surface area contributed by atoms with Gasteiger partial charge in [0.2, 0.25) is 0 Å². The van der Waals surface area contributed by atoms with E-state index in [1.54, 1.807) is 0 Å². The van der Waals surface area contributed by atoms with Gasteiger partial charge in [0.1, 0.15) is 0 Å². The van der Waals surface area contributed by atoms with E-state index in [1.165, 1.54) is 27.9 Å². The Morgan fingerprint density at radius 2 is 1.00 bits per heavy atom. The van der Waals surface area contributed by atoms with Gasteiger partial charge in [-0.1, -0.05) is 139 Å². The predicted molar refractivity (Wildman–Crippen MR) is 153 cm³/mol. The summed E-state index contributed by atoms with van der Waals surface area (Å²) < 4.78 is 0. The first-order valence-electron chi connectivity index (χ1n) is 11.5. The molecule has 0 aromatic heterocycles. The van der Waals surface area contributed by atoms with Gasteiger partial charge in [0.25, 0.3) is 0 Å². The van der Waals surface area contributed by atoms with Crippen molar-refractivity contribution in [3.05, 3.63) is 145 Å². The van der Waals surface area contributed by atoms with E-state index in [2.05, 4.69) is 155 Å². The second kappa shape index (κ2) is 13.5. The van der Waals surface area contributed by atoms with Gasteiger partial charge in [0.05, 0.1) is 0 Å². The Morgan fingerprint density at radius 1 is 0.588 bits per heavy atom. The quantitative estimate of drug-likeness (QED) is 0.0697. The van der Waals surface area contributed by atoms with Crippen molar-refractivity contribution in [1.82, 2.24) is 0 Å². The summed E-state index contributed by atoms with van der Waals surface area (Å²) in [5.74, 6) is 2.24. The Kier molecular flexibility index (Phi) is 10.1. The van der Waals surface area contributed by atoms with E-state index in [1.807, 2.05) is 19.5 Å². The summed E-state index contributed by atoms with van der Waals surface area (Å²) in [4.78, 5) is 0. The molecular formula is C31H28IPPd. The molecular weight excluding hydrogens is 637 g/mol. The van der Waals surface area contributed by atoms with Crippen LogP contribution in [0.2, 0.25) is 0 Å². The van der Waals surface area contributed by atoms with Gasteiger partial charge in [-0.3, -0.25) is 0 Å². The molecule has 0 amide bonds. The van der Waals surface area contributed by atoms with E-state index in [0.29, 0.717) is 5.92 Å². The Balaban J connectivity index is 0.000000159. The van der Waals surface area contributed by atoms with Crippen LogP contribution in [0.4, 0.5) is 0 Å². The fourth-order valence-corrected chi connectivity index (χ4v) is 7.09. The van der Waals surface area contributed by atoms with Crippen LogP contribution >= 0.6 is 27.4 Å². The summed E-state index contributed by atoms with van der Waals surface area (Å²) in [5.41, 5.74) is 1.49. The molecule has 0 nitrogen and oxygen atoms in total. The van der Waals surface area contributed by atoms with Crippen molar-refractivity contribution >= 4 is 43.3 Å². The normalized spacial score (nSPS) is 19.7. The number of rotatable bonds is 4. The predicted octanol–water partition coefficient (Wildman–Crippen LogP) is 7.51. The molecule has 0 radical (unpaired) electrons. The van der Waals surface area contributed by atoms with Crippen molar-refractivity contribution in [1.29, 1.82) is 0 Å². The van der Waals surface area contributed by atoms with Gasteiger partial charge in [-0.05, 0) is 29.8 Å². The molecule has 2 aliphatic carbocycles. The van der Waals surface area contributed by atoms with Crippen LogP contribution in [0, 0.1) is 18.3 Å². The average molecular weight is 665 g/mol. The zero-order chi connectivity index (χ0) is 23.6. The minimum atomic E-state index is -0.446. The van der Waals surface area contributed by atoms with Crippen molar-refractivity contribution in [2.45, 2.75) is 12.3 Å². The first-order chi connectivity index (χ1) is 16.9. The van der Waals surface area contributed by atoms with E-state index in [4.69, 9.17) is 0 Å². The molecule has 2 aliphatic rings. The van der Waals surface area contributed by atoms with E-state index in [0.717, 1.165) is 11.8 Å². The third-order valence-electron chi connectivity index (χ3n) is 6.29. The Bertz CT molecular complexity index is 1040. The third kappa shape index (κ3) is 6.56. The fourth-order valence-electron chi connectivity index (χ4n) is 4.79. The zero-order valence-corrected chi connectivity index (χ0v) is 23.5. The molecule has 0 N–H and O–H groups in total. The Labute approximate surface area is 227 Å². The van der Waals surface area contributed by atoms with Crippen LogP contribution in [0.15, 0.2) is 133 Å². The maximum absolute atomic E-state index is 2.72. The second-order valence-corrected chi connectivity index (χ2v) is 10.6. The van der Waals surface area contributed by atoms with Gasteiger partial charge < -0.3 is 6.42 Å². The smallest absolute Gasteiger partial charge is 0.0134 e.